The Morgan fingerprint density at radius 2 is 2.15 bits per heavy atom. The van der Waals surface area contributed by atoms with Crippen LogP contribution in [0.4, 0.5) is 13.2 Å². The van der Waals surface area contributed by atoms with Gasteiger partial charge in [0, 0.05) is 17.5 Å². The summed E-state index contributed by atoms with van der Waals surface area (Å²) < 4.78 is 36.9. The van der Waals surface area contributed by atoms with Gasteiger partial charge in [-0.25, -0.2) is 0 Å². The summed E-state index contributed by atoms with van der Waals surface area (Å²) in [5.74, 6) is -0.171. The summed E-state index contributed by atoms with van der Waals surface area (Å²) in [6.45, 7) is 0. The summed E-state index contributed by atoms with van der Waals surface area (Å²) >= 11 is 0. The molecule has 0 aliphatic heterocycles. The number of nitrogens with two attached hydrogens (primary N) is 1. The Morgan fingerprint density at radius 3 is 2.62 bits per heavy atom. The third kappa shape index (κ3) is 1.41. The summed E-state index contributed by atoms with van der Waals surface area (Å²) in [7, 11) is 0. The molecule has 2 rings (SSSR count). The molecule has 1 aliphatic carbocycles. The van der Waals surface area contributed by atoms with Crippen LogP contribution in [0.25, 0.3) is 0 Å². The van der Waals surface area contributed by atoms with Crippen molar-refractivity contribution >= 4 is 0 Å². The minimum atomic E-state index is -4.35. The van der Waals surface area contributed by atoms with Gasteiger partial charge in [-0.1, -0.05) is 0 Å². The highest BCUT2D eigenvalue weighted by molar-refractivity contribution is 5.30. The minimum absolute atomic E-state index is 0.140. The molecule has 1 heterocycles. The highest BCUT2D eigenvalue weighted by Crippen LogP contribution is 2.43. The van der Waals surface area contributed by atoms with Crippen LogP contribution >= 0.6 is 0 Å². The van der Waals surface area contributed by atoms with Crippen LogP contribution in [-0.2, 0) is 6.18 Å². The van der Waals surface area contributed by atoms with Gasteiger partial charge in [0.1, 0.15) is 5.69 Å². The molecule has 3 N–H and O–H groups in total. The first-order chi connectivity index (χ1) is 6.00. The second-order valence-corrected chi connectivity index (χ2v) is 3.20. The molecule has 3 nitrogen and oxygen atoms in total. The quantitative estimate of drug-likeness (QED) is 0.701. The van der Waals surface area contributed by atoms with Crippen LogP contribution in [-0.4, -0.2) is 16.2 Å². The molecule has 1 aliphatic rings. The van der Waals surface area contributed by atoms with E-state index < -0.39 is 11.9 Å². The highest BCUT2D eigenvalue weighted by Gasteiger charge is 2.44. The molecule has 1 aromatic heterocycles. The van der Waals surface area contributed by atoms with E-state index in [1.165, 1.54) is 6.20 Å². The van der Waals surface area contributed by atoms with Crippen molar-refractivity contribution in [1.82, 2.24) is 10.2 Å². The number of hydrogen-bond donors (Lipinski definition) is 2. The fourth-order valence-corrected chi connectivity index (χ4v) is 1.38. The van der Waals surface area contributed by atoms with Gasteiger partial charge in [0.25, 0.3) is 0 Å². The zero-order valence-electron chi connectivity index (χ0n) is 6.60. The van der Waals surface area contributed by atoms with Crippen LogP contribution < -0.4 is 5.73 Å². The summed E-state index contributed by atoms with van der Waals surface area (Å²) in [5, 5.41) is 5.34. The highest BCUT2D eigenvalue weighted by atomic mass is 19.4. The number of H-pyrrole nitrogens is 1. The van der Waals surface area contributed by atoms with Gasteiger partial charge in [-0.05, 0) is 6.42 Å². The Kier molecular flexibility index (Phi) is 1.63. The number of halogens is 3. The second kappa shape index (κ2) is 2.47. The normalized spacial score (nSPS) is 27.7. The third-order valence-corrected chi connectivity index (χ3v) is 2.19. The van der Waals surface area contributed by atoms with E-state index in [2.05, 4.69) is 5.10 Å². The van der Waals surface area contributed by atoms with Crippen molar-refractivity contribution in [1.29, 1.82) is 0 Å². The van der Waals surface area contributed by atoms with Gasteiger partial charge in [-0.2, -0.15) is 18.3 Å². The molecule has 0 radical (unpaired) electrons. The molecule has 13 heavy (non-hydrogen) atoms. The zero-order valence-corrected chi connectivity index (χ0v) is 6.60. The van der Waals surface area contributed by atoms with Crippen molar-refractivity contribution in [2.45, 2.75) is 24.6 Å². The van der Waals surface area contributed by atoms with Gasteiger partial charge < -0.3 is 5.73 Å². The Bertz CT molecular complexity index is 317. The number of aromatic amines is 1. The lowest BCUT2D eigenvalue weighted by Gasteiger charge is -2.05. The lowest BCUT2D eigenvalue weighted by atomic mass is 10.1. The summed E-state index contributed by atoms with van der Waals surface area (Å²) in [6, 6.07) is -0.140. The SMILES string of the molecule is N[C@@H]1C[C@H]1c1cn[nH]c1C(F)(F)F. The monoisotopic (exact) mass is 191 g/mol. The second-order valence-electron chi connectivity index (χ2n) is 3.20. The first-order valence-corrected chi connectivity index (χ1v) is 3.86. The fraction of sp³-hybridized carbons (Fsp3) is 0.571. The average Bonchev–Trinajstić information content (AvgIpc) is 2.57. The molecule has 0 spiro atoms. The number of nitrogens with zero attached hydrogens (tertiary/aromatic N) is 1. The Labute approximate surface area is 72.1 Å². The molecular weight excluding hydrogens is 183 g/mol. The Balaban J connectivity index is 2.32. The van der Waals surface area contributed by atoms with E-state index in [1.54, 1.807) is 0 Å². The minimum Gasteiger partial charge on any atom is -0.327 e. The van der Waals surface area contributed by atoms with Gasteiger partial charge in [0.05, 0.1) is 6.20 Å². The largest absolute Gasteiger partial charge is 0.433 e. The first kappa shape index (κ1) is 8.55. The lowest BCUT2D eigenvalue weighted by molar-refractivity contribution is -0.141. The van der Waals surface area contributed by atoms with E-state index in [-0.39, 0.29) is 17.5 Å². The molecule has 6 heteroatoms. The van der Waals surface area contributed by atoms with Crippen LogP contribution in [0, 0.1) is 0 Å². The number of aromatic nitrogens is 2. The van der Waals surface area contributed by atoms with E-state index in [9.17, 15) is 13.2 Å². The Morgan fingerprint density at radius 1 is 1.54 bits per heavy atom. The van der Waals surface area contributed by atoms with Crippen molar-refractivity contribution in [2.75, 3.05) is 0 Å². The number of hydrogen-bond acceptors (Lipinski definition) is 2. The zero-order chi connectivity index (χ0) is 9.64. The van der Waals surface area contributed by atoms with Gasteiger partial charge in [0.2, 0.25) is 0 Å². The van der Waals surface area contributed by atoms with Crippen LogP contribution in [0.15, 0.2) is 6.20 Å². The maximum absolute atomic E-state index is 12.3. The van der Waals surface area contributed by atoms with E-state index in [4.69, 9.17) is 5.73 Å². The first-order valence-electron chi connectivity index (χ1n) is 3.86. The molecule has 1 aromatic rings. The van der Waals surface area contributed by atoms with Crippen molar-refractivity contribution in [3.05, 3.63) is 17.5 Å². The summed E-state index contributed by atoms with van der Waals surface area (Å²) in [6.07, 6.45) is -2.53. The van der Waals surface area contributed by atoms with Crippen molar-refractivity contribution in [3.63, 3.8) is 0 Å². The number of nitrogens with one attached hydrogen (secondary N) is 1. The molecule has 1 fully saturated rings. The van der Waals surface area contributed by atoms with Crippen LogP contribution in [0.2, 0.25) is 0 Å². The molecule has 1 saturated carbocycles. The van der Waals surface area contributed by atoms with E-state index in [0.29, 0.717) is 6.42 Å². The molecule has 0 saturated heterocycles. The maximum atomic E-state index is 12.3. The number of alkyl halides is 3. The van der Waals surface area contributed by atoms with E-state index in [1.807, 2.05) is 5.10 Å². The smallest absolute Gasteiger partial charge is 0.327 e. The lowest BCUT2D eigenvalue weighted by Crippen LogP contribution is -2.10. The molecule has 0 amide bonds. The Hall–Kier alpha value is -1.04. The van der Waals surface area contributed by atoms with Crippen molar-refractivity contribution in [2.24, 2.45) is 5.73 Å². The van der Waals surface area contributed by atoms with Crippen molar-refractivity contribution < 1.29 is 13.2 Å². The third-order valence-electron chi connectivity index (χ3n) is 2.19. The molecule has 0 unspecified atom stereocenters. The summed E-state index contributed by atoms with van der Waals surface area (Å²) in [4.78, 5) is 0. The summed E-state index contributed by atoms with van der Waals surface area (Å²) in [5.41, 5.74) is 4.90. The molecular formula is C7H8F3N3. The maximum Gasteiger partial charge on any atom is 0.433 e. The topological polar surface area (TPSA) is 54.7 Å². The van der Waals surface area contributed by atoms with Crippen LogP contribution in [0.1, 0.15) is 23.6 Å². The standard InChI is InChI=1S/C7H8F3N3/c8-7(9,10)6-4(2-12-13-6)3-1-5(3)11/h2-3,5H,1,11H2,(H,12,13)/t3-,5+/m0/s1. The predicted molar refractivity (Wildman–Crippen MR) is 38.9 cm³/mol. The van der Waals surface area contributed by atoms with Crippen molar-refractivity contribution in [3.8, 4) is 0 Å². The molecule has 72 valence electrons. The fourth-order valence-electron chi connectivity index (χ4n) is 1.38. The molecule has 2 atom stereocenters. The van der Waals surface area contributed by atoms with Gasteiger partial charge in [0.15, 0.2) is 0 Å². The van der Waals surface area contributed by atoms with Gasteiger partial charge in [-0.3, -0.25) is 5.10 Å². The average molecular weight is 191 g/mol. The van der Waals surface area contributed by atoms with Gasteiger partial charge >= 0.3 is 6.18 Å². The van der Waals surface area contributed by atoms with Crippen LogP contribution in [0.5, 0.6) is 0 Å². The number of rotatable bonds is 1. The predicted octanol–water partition coefficient (Wildman–Crippen LogP) is 1.24. The molecule has 0 bridgehead atoms. The van der Waals surface area contributed by atoms with E-state index >= 15 is 0 Å². The molecule has 0 aromatic carbocycles. The van der Waals surface area contributed by atoms with E-state index in [0.717, 1.165) is 0 Å². The van der Waals surface area contributed by atoms with Crippen LogP contribution in [0.3, 0.4) is 0 Å². The van der Waals surface area contributed by atoms with Gasteiger partial charge in [-0.15, -0.1) is 0 Å².